The van der Waals surface area contributed by atoms with E-state index in [1.54, 1.807) is 12.1 Å². The van der Waals surface area contributed by atoms with Crippen molar-refractivity contribution in [2.75, 3.05) is 6.54 Å². The van der Waals surface area contributed by atoms with Crippen molar-refractivity contribution in [3.8, 4) is 5.75 Å². The highest BCUT2D eigenvalue weighted by Crippen LogP contribution is 2.44. The predicted octanol–water partition coefficient (Wildman–Crippen LogP) is 0.268. The second-order valence-electron chi connectivity index (χ2n) is 3.07. The molecule has 1 aromatic carbocycles. The largest absolute Gasteiger partial charge is 0.430 e. The lowest BCUT2D eigenvalue weighted by Crippen LogP contribution is -2.26. The van der Waals surface area contributed by atoms with E-state index in [0.29, 0.717) is 12.3 Å². The molecule has 5 heteroatoms. The molecule has 0 spiro atoms. The summed E-state index contributed by atoms with van der Waals surface area (Å²) in [5.74, 6) is 0.506. The summed E-state index contributed by atoms with van der Waals surface area (Å²) in [4.78, 5) is 0.732. The molecule has 14 heavy (non-hydrogen) atoms. The number of hydrogen-bond acceptors (Lipinski definition) is 5. The number of nitrogens with two attached hydrogens (primary N) is 1. The summed E-state index contributed by atoms with van der Waals surface area (Å²) < 4.78 is 4.91. The first kappa shape index (κ1) is 9.79. The van der Waals surface area contributed by atoms with Crippen LogP contribution in [0.1, 0.15) is 5.56 Å². The fraction of sp³-hybridized carbons (Fsp3) is 0.333. The van der Waals surface area contributed by atoms with Crippen molar-refractivity contribution in [2.24, 2.45) is 5.73 Å². The third-order valence-electron chi connectivity index (χ3n) is 1.93. The van der Waals surface area contributed by atoms with E-state index in [9.17, 15) is 10.2 Å². The Bertz CT molecular complexity index is 354. The smallest absolute Gasteiger partial charge is 0.382 e. The molecule has 0 amide bonds. The van der Waals surface area contributed by atoms with Crippen molar-refractivity contribution in [1.29, 1.82) is 0 Å². The Morgan fingerprint density at radius 2 is 2.21 bits per heavy atom. The molecule has 0 atom stereocenters. The second kappa shape index (κ2) is 3.43. The van der Waals surface area contributed by atoms with E-state index >= 15 is 0 Å². The number of ether oxygens (including phenoxy) is 1. The van der Waals surface area contributed by atoms with E-state index < -0.39 is 5.31 Å². The van der Waals surface area contributed by atoms with Crippen LogP contribution >= 0.6 is 11.8 Å². The van der Waals surface area contributed by atoms with Crippen LogP contribution in [0.3, 0.4) is 0 Å². The molecule has 4 N–H and O–H groups in total. The fourth-order valence-corrected chi connectivity index (χ4v) is 2.10. The molecular formula is C9H11NO3S. The van der Waals surface area contributed by atoms with Crippen molar-refractivity contribution in [3.05, 3.63) is 23.8 Å². The van der Waals surface area contributed by atoms with E-state index in [2.05, 4.69) is 0 Å². The number of rotatable bonds is 2. The van der Waals surface area contributed by atoms with Gasteiger partial charge in [-0.1, -0.05) is 6.07 Å². The third-order valence-corrected chi connectivity index (χ3v) is 2.83. The zero-order valence-electron chi connectivity index (χ0n) is 7.43. The maximum Gasteiger partial charge on any atom is 0.382 e. The summed E-state index contributed by atoms with van der Waals surface area (Å²) in [6.07, 6.45) is 0.755. The number of aliphatic hydroxyl groups is 2. The Hall–Kier alpha value is -0.750. The molecule has 0 fully saturated rings. The van der Waals surface area contributed by atoms with E-state index in [-0.39, 0.29) is 0 Å². The lowest BCUT2D eigenvalue weighted by Gasteiger charge is -2.11. The minimum atomic E-state index is -2.12. The Kier molecular flexibility index (Phi) is 2.40. The topological polar surface area (TPSA) is 75.7 Å². The van der Waals surface area contributed by atoms with E-state index in [0.717, 1.165) is 28.6 Å². The van der Waals surface area contributed by atoms with Gasteiger partial charge in [0.25, 0.3) is 0 Å². The molecule has 1 aliphatic heterocycles. The number of fused-ring (bicyclic) bond motifs is 1. The molecule has 0 radical (unpaired) electrons. The van der Waals surface area contributed by atoms with Gasteiger partial charge < -0.3 is 20.7 Å². The molecule has 0 saturated carbocycles. The molecule has 0 bridgehead atoms. The maximum atomic E-state index is 9.21. The molecule has 0 aliphatic carbocycles. The first-order chi connectivity index (χ1) is 6.61. The fourth-order valence-electron chi connectivity index (χ4n) is 1.35. The first-order valence-corrected chi connectivity index (χ1v) is 5.08. The van der Waals surface area contributed by atoms with E-state index in [4.69, 9.17) is 10.5 Å². The highest BCUT2D eigenvalue weighted by molar-refractivity contribution is 8.00. The van der Waals surface area contributed by atoms with Crippen molar-refractivity contribution < 1.29 is 14.9 Å². The predicted molar refractivity (Wildman–Crippen MR) is 52.9 cm³/mol. The second-order valence-corrected chi connectivity index (χ2v) is 4.25. The first-order valence-electron chi connectivity index (χ1n) is 4.26. The van der Waals surface area contributed by atoms with Crippen LogP contribution in [0.2, 0.25) is 0 Å². The Labute approximate surface area is 85.7 Å². The van der Waals surface area contributed by atoms with Gasteiger partial charge in [-0.15, -0.1) is 0 Å². The Morgan fingerprint density at radius 3 is 2.93 bits per heavy atom. The Morgan fingerprint density at radius 1 is 1.43 bits per heavy atom. The van der Waals surface area contributed by atoms with Gasteiger partial charge in [0.15, 0.2) is 0 Å². The summed E-state index contributed by atoms with van der Waals surface area (Å²) in [6, 6.07) is 5.49. The van der Waals surface area contributed by atoms with Crippen LogP contribution in [0.5, 0.6) is 5.75 Å². The van der Waals surface area contributed by atoms with Gasteiger partial charge >= 0.3 is 5.31 Å². The summed E-state index contributed by atoms with van der Waals surface area (Å²) in [5.41, 5.74) is 6.45. The van der Waals surface area contributed by atoms with Crippen LogP contribution in [-0.2, 0) is 6.42 Å². The SMILES string of the molecule is NCCc1ccc2c(c1)OC(O)(O)S2. The van der Waals surface area contributed by atoms with Crippen LogP contribution in [0.4, 0.5) is 0 Å². The van der Waals surface area contributed by atoms with Gasteiger partial charge in [-0.05, 0) is 42.4 Å². The van der Waals surface area contributed by atoms with Crippen molar-refractivity contribution in [3.63, 3.8) is 0 Å². The average molecular weight is 213 g/mol. The molecule has 4 nitrogen and oxygen atoms in total. The van der Waals surface area contributed by atoms with Gasteiger partial charge in [0, 0.05) is 0 Å². The van der Waals surface area contributed by atoms with Gasteiger partial charge in [-0.2, -0.15) is 0 Å². The summed E-state index contributed by atoms with van der Waals surface area (Å²) in [7, 11) is 0. The number of hydrogen-bond donors (Lipinski definition) is 3. The quantitative estimate of drug-likeness (QED) is 0.615. The number of benzene rings is 1. The summed E-state index contributed by atoms with van der Waals surface area (Å²) in [5, 5.41) is 16.3. The molecule has 76 valence electrons. The van der Waals surface area contributed by atoms with Crippen molar-refractivity contribution in [1.82, 2.24) is 0 Å². The standard InChI is InChI=1S/C9H11NO3S/c10-4-3-6-1-2-8-7(5-6)13-9(11,12)14-8/h1-2,5,11-12H,3-4,10H2. The van der Waals surface area contributed by atoms with E-state index in [1.807, 2.05) is 6.07 Å². The van der Waals surface area contributed by atoms with Crippen molar-refractivity contribution >= 4 is 11.8 Å². The molecule has 0 saturated heterocycles. The molecule has 1 heterocycles. The summed E-state index contributed by atoms with van der Waals surface area (Å²) >= 11 is 0.878. The lowest BCUT2D eigenvalue weighted by molar-refractivity contribution is -0.210. The van der Waals surface area contributed by atoms with Crippen LogP contribution in [0, 0.1) is 0 Å². The minimum Gasteiger partial charge on any atom is -0.430 e. The molecular weight excluding hydrogens is 202 g/mol. The zero-order valence-corrected chi connectivity index (χ0v) is 8.25. The van der Waals surface area contributed by atoms with Crippen LogP contribution in [0.15, 0.2) is 23.1 Å². The highest BCUT2D eigenvalue weighted by Gasteiger charge is 2.36. The summed E-state index contributed by atoms with van der Waals surface area (Å²) in [6.45, 7) is 0.565. The normalized spacial score (nSPS) is 17.6. The molecule has 0 aromatic heterocycles. The van der Waals surface area contributed by atoms with Gasteiger partial charge in [-0.25, -0.2) is 0 Å². The lowest BCUT2D eigenvalue weighted by atomic mass is 10.1. The monoisotopic (exact) mass is 213 g/mol. The Balaban J connectivity index is 2.26. The highest BCUT2D eigenvalue weighted by atomic mass is 32.2. The molecule has 1 aliphatic rings. The van der Waals surface area contributed by atoms with Gasteiger partial charge in [0.1, 0.15) is 5.75 Å². The van der Waals surface area contributed by atoms with Gasteiger partial charge in [0.05, 0.1) is 4.90 Å². The van der Waals surface area contributed by atoms with Crippen LogP contribution in [0.25, 0.3) is 0 Å². The van der Waals surface area contributed by atoms with Gasteiger partial charge in [0.2, 0.25) is 0 Å². The van der Waals surface area contributed by atoms with E-state index in [1.165, 1.54) is 0 Å². The van der Waals surface area contributed by atoms with Crippen LogP contribution in [-0.4, -0.2) is 22.1 Å². The maximum absolute atomic E-state index is 9.21. The third kappa shape index (κ3) is 1.85. The van der Waals surface area contributed by atoms with Gasteiger partial charge in [-0.3, -0.25) is 0 Å². The number of thioether (sulfide) groups is 1. The zero-order chi connectivity index (χ0) is 10.2. The molecule has 1 aromatic rings. The molecule has 2 rings (SSSR count). The molecule has 0 unspecified atom stereocenters. The van der Waals surface area contributed by atoms with Crippen molar-refractivity contribution in [2.45, 2.75) is 16.6 Å². The average Bonchev–Trinajstić information content (AvgIpc) is 2.38. The van der Waals surface area contributed by atoms with Crippen LogP contribution < -0.4 is 10.5 Å². The minimum absolute atomic E-state index is 0.506.